The molecule has 1 fully saturated rings. The predicted molar refractivity (Wildman–Crippen MR) is 128 cm³/mol. The van der Waals surface area contributed by atoms with Gasteiger partial charge in [-0.25, -0.2) is 0 Å². The first-order chi connectivity index (χ1) is 16.1. The van der Waals surface area contributed by atoms with Crippen LogP contribution in [0.25, 0.3) is 10.9 Å². The Morgan fingerprint density at radius 3 is 2.58 bits per heavy atom. The van der Waals surface area contributed by atoms with E-state index in [1.54, 1.807) is 12.1 Å². The maximum Gasteiger partial charge on any atom is 0.304 e. The maximum absolute atomic E-state index is 12.1. The lowest BCUT2D eigenvalue weighted by Crippen LogP contribution is -2.27. The highest BCUT2D eigenvalue weighted by molar-refractivity contribution is 6.33. The third-order valence-corrected chi connectivity index (χ3v) is 5.92. The topological polar surface area (TPSA) is 91.8 Å². The first kappa shape index (κ1) is 22.9. The first-order valence-electron chi connectivity index (χ1n) is 11.0. The van der Waals surface area contributed by atoms with E-state index < -0.39 is 5.91 Å². The van der Waals surface area contributed by atoms with Crippen LogP contribution in [0.2, 0.25) is 5.02 Å². The Hall–Kier alpha value is -3.23. The number of benzene rings is 2. The Balaban J connectivity index is 1.44. The summed E-state index contributed by atoms with van der Waals surface area (Å²) in [6.45, 7) is 2.17. The Bertz CT molecular complexity index is 1170. The molecule has 0 bridgehead atoms. The molecule has 33 heavy (non-hydrogen) atoms. The zero-order chi connectivity index (χ0) is 23.0. The molecule has 0 aliphatic carbocycles. The number of azo groups is 1. The van der Waals surface area contributed by atoms with Crippen molar-refractivity contribution in [2.24, 2.45) is 15.4 Å². The maximum atomic E-state index is 12.1. The van der Waals surface area contributed by atoms with E-state index in [1.165, 1.54) is 19.1 Å². The normalized spacial score (nSPS) is 15.4. The number of amides is 1. The van der Waals surface area contributed by atoms with Gasteiger partial charge in [0.2, 0.25) is 5.88 Å². The molecule has 0 unspecified atom stereocenters. The summed E-state index contributed by atoms with van der Waals surface area (Å²) in [5.74, 6) is -0.621. The molecule has 0 spiro atoms. The third-order valence-electron chi connectivity index (χ3n) is 5.58. The van der Waals surface area contributed by atoms with Gasteiger partial charge in [0.1, 0.15) is 0 Å². The van der Waals surface area contributed by atoms with E-state index in [2.05, 4.69) is 20.3 Å². The Kier molecular flexibility index (Phi) is 7.70. The summed E-state index contributed by atoms with van der Waals surface area (Å²) in [5, 5.41) is 23.7. The van der Waals surface area contributed by atoms with Crippen LogP contribution < -0.4 is 0 Å². The molecule has 1 aliphatic heterocycles. The molecule has 0 radical (unpaired) electrons. The average molecular weight is 468 g/mol. The number of carbonyl (C=O) groups is 1. The van der Waals surface area contributed by atoms with Gasteiger partial charge < -0.3 is 9.94 Å². The van der Waals surface area contributed by atoms with Gasteiger partial charge in [0, 0.05) is 16.0 Å². The lowest BCUT2D eigenvalue weighted by atomic mass is 10.2. The zero-order valence-electron chi connectivity index (χ0n) is 18.2. The molecule has 9 heteroatoms. The molecule has 172 valence electrons. The third kappa shape index (κ3) is 5.77. The van der Waals surface area contributed by atoms with Crippen LogP contribution in [0, 0.1) is 0 Å². The highest BCUT2D eigenvalue weighted by Crippen LogP contribution is 2.39. The SMILES string of the molecule is O=C(CON=Cc1ccccc1Cl)N=Nc1c(O)n(CN2CCCCCC2)c2ccccc12. The van der Waals surface area contributed by atoms with Crippen LogP contribution in [0.1, 0.15) is 31.2 Å². The van der Waals surface area contributed by atoms with Crippen LogP contribution in [0.4, 0.5) is 5.69 Å². The van der Waals surface area contributed by atoms with E-state index >= 15 is 0 Å². The smallest absolute Gasteiger partial charge is 0.304 e. The minimum Gasteiger partial charge on any atom is -0.493 e. The molecule has 1 N–H and O–H groups in total. The first-order valence-corrected chi connectivity index (χ1v) is 11.4. The molecule has 2 heterocycles. The van der Waals surface area contributed by atoms with E-state index in [4.69, 9.17) is 16.4 Å². The lowest BCUT2D eigenvalue weighted by Gasteiger charge is -2.21. The van der Waals surface area contributed by atoms with E-state index in [0.717, 1.165) is 36.8 Å². The van der Waals surface area contributed by atoms with Gasteiger partial charge in [0.25, 0.3) is 0 Å². The summed E-state index contributed by atoms with van der Waals surface area (Å²) >= 11 is 6.04. The summed E-state index contributed by atoms with van der Waals surface area (Å²) in [6.07, 6.45) is 6.21. The second kappa shape index (κ2) is 11.1. The standard InChI is InChI=1S/C24H26ClN5O3/c25-20-11-5-3-9-18(20)15-26-33-16-22(31)27-28-23-19-10-4-6-12-21(19)30(24(23)32)17-29-13-7-1-2-8-14-29/h3-6,9-12,15,32H,1-2,7-8,13-14,16-17H2. The molecule has 1 saturated heterocycles. The zero-order valence-corrected chi connectivity index (χ0v) is 19.0. The van der Waals surface area contributed by atoms with Gasteiger partial charge in [-0.2, -0.15) is 0 Å². The molecule has 1 aromatic heterocycles. The van der Waals surface area contributed by atoms with E-state index in [0.29, 0.717) is 17.3 Å². The number of carbonyl (C=O) groups excluding carboxylic acids is 1. The van der Waals surface area contributed by atoms with Crippen molar-refractivity contribution < 1.29 is 14.7 Å². The molecule has 2 aromatic carbocycles. The van der Waals surface area contributed by atoms with Crippen molar-refractivity contribution in [2.75, 3.05) is 19.7 Å². The molecular weight excluding hydrogens is 442 g/mol. The average Bonchev–Trinajstić information content (AvgIpc) is 2.97. The fraction of sp³-hybridized carbons (Fsp3) is 0.333. The van der Waals surface area contributed by atoms with Crippen molar-refractivity contribution >= 4 is 40.3 Å². The van der Waals surface area contributed by atoms with Crippen molar-refractivity contribution in [3.8, 4) is 5.88 Å². The van der Waals surface area contributed by atoms with Gasteiger partial charge in [-0.1, -0.05) is 66.0 Å². The number of halogens is 1. The monoisotopic (exact) mass is 467 g/mol. The van der Waals surface area contributed by atoms with Crippen molar-refractivity contribution in [3.63, 3.8) is 0 Å². The fourth-order valence-electron chi connectivity index (χ4n) is 3.89. The van der Waals surface area contributed by atoms with Gasteiger partial charge in [-0.15, -0.1) is 10.2 Å². The number of aromatic nitrogens is 1. The predicted octanol–water partition coefficient (Wildman–Crippen LogP) is 5.49. The van der Waals surface area contributed by atoms with E-state index in [9.17, 15) is 9.90 Å². The molecule has 8 nitrogen and oxygen atoms in total. The number of likely N-dealkylation sites (tertiary alicyclic amines) is 1. The van der Waals surface area contributed by atoms with Crippen LogP contribution in [0.5, 0.6) is 5.88 Å². The van der Waals surface area contributed by atoms with Crippen molar-refractivity contribution in [3.05, 3.63) is 59.1 Å². The summed E-state index contributed by atoms with van der Waals surface area (Å²) in [4.78, 5) is 19.5. The van der Waals surface area contributed by atoms with E-state index in [1.807, 2.05) is 41.0 Å². The van der Waals surface area contributed by atoms with Gasteiger partial charge in [-0.3, -0.25) is 14.3 Å². The molecule has 1 aliphatic rings. The van der Waals surface area contributed by atoms with Gasteiger partial charge in [-0.05, 0) is 38.1 Å². The number of aromatic hydroxyl groups is 1. The van der Waals surface area contributed by atoms with Crippen LogP contribution in [0.15, 0.2) is 63.9 Å². The summed E-state index contributed by atoms with van der Waals surface area (Å²) < 4.78 is 1.82. The highest BCUT2D eigenvalue weighted by Gasteiger charge is 2.19. The number of fused-ring (bicyclic) bond motifs is 1. The number of rotatable bonds is 7. The molecule has 0 saturated carbocycles. The number of para-hydroxylation sites is 1. The second-order valence-corrected chi connectivity index (χ2v) is 8.32. The van der Waals surface area contributed by atoms with Crippen LogP contribution >= 0.6 is 11.6 Å². The number of nitrogens with zero attached hydrogens (tertiary/aromatic N) is 5. The molecule has 0 atom stereocenters. The summed E-state index contributed by atoms with van der Waals surface area (Å²) in [5.41, 5.74) is 1.80. The quantitative estimate of drug-likeness (QED) is 0.282. The second-order valence-electron chi connectivity index (χ2n) is 7.91. The Labute approximate surface area is 197 Å². The number of hydrogen-bond acceptors (Lipinski definition) is 6. The Morgan fingerprint density at radius 1 is 1.06 bits per heavy atom. The molecular formula is C24H26ClN5O3. The lowest BCUT2D eigenvalue weighted by molar-refractivity contribution is -0.122. The molecule has 3 aromatic rings. The summed E-state index contributed by atoms with van der Waals surface area (Å²) in [7, 11) is 0. The number of oxime groups is 1. The van der Waals surface area contributed by atoms with Crippen LogP contribution in [0.3, 0.4) is 0 Å². The Morgan fingerprint density at radius 2 is 1.79 bits per heavy atom. The fourth-order valence-corrected chi connectivity index (χ4v) is 4.08. The minimum atomic E-state index is -0.616. The number of hydrogen-bond donors (Lipinski definition) is 1. The van der Waals surface area contributed by atoms with Crippen LogP contribution in [-0.2, 0) is 16.3 Å². The van der Waals surface area contributed by atoms with Gasteiger partial charge in [0.15, 0.2) is 12.3 Å². The molecule has 1 amide bonds. The van der Waals surface area contributed by atoms with Crippen molar-refractivity contribution in [1.29, 1.82) is 0 Å². The largest absolute Gasteiger partial charge is 0.493 e. The van der Waals surface area contributed by atoms with Crippen molar-refractivity contribution in [2.45, 2.75) is 32.4 Å². The van der Waals surface area contributed by atoms with Crippen LogP contribution in [-0.4, -0.2) is 46.4 Å². The highest BCUT2D eigenvalue weighted by atomic mass is 35.5. The van der Waals surface area contributed by atoms with E-state index in [-0.39, 0.29) is 18.2 Å². The van der Waals surface area contributed by atoms with Gasteiger partial charge in [0.05, 0.1) is 18.4 Å². The summed E-state index contributed by atoms with van der Waals surface area (Å²) in [6, 6.07) is 14.7. The van der Waals surface area contributed by atoms with Crippen molar-refractivity contribution in [1.82, 2.24) is 9.47 Å². The van der Waals surface area contributed by atoms with Gasteiger partial charge >= 0.3 is 5.91 Å². The minimum absolute atomic E-state index is 0.00495. The molecule has 4 rings (SSSR count).